The lowest BCUT2D eigenvalue weighted by molar-refractivity contribution is 0.0668. The summed E-state index contributed by atoms with van der Waals surface area (Å²) in [5.41, 5.74) is 3.99. The van der Waals surface area contributed by atoms with Crippen LogP contribution in [0.3, 0.4) is 0 Å². The highest BCUT2D eigenvalue weighted by Crippen LogP contribution is 2.47. The average molecular weight is 450 g/mol. The van der Waals surface area contributed by atoms with Crippen LogP contribution in [0.4, 0.5) is 8.78 Å². The molecule has 1 aliphatic heterocycles. The van der Waals surface area contributed by atoms with E-state index in [1.54, 1.807) is 6.07 Å². The van der Waals surface area contributed by atoms with Crippen molar-refractivity contribution in [2.45, 2.75) is 24.7 Å². The Bertz CT molecular complexity index is 1100. The molecule has 5 rings (SSSR count). The number of hydrogen-bond acceptors (Lipinski definition) is 3. The van der Waals surface area contributed by atoms with Crippen molar-refractivity contribution >= 4 is 0 Å². The lowest BCUT2D eigenvalue weighted by atomic mass is 9.69. The Balaban J connectivity index is 1.38. The summed E-state index contributed by atoms with van der Waals surface area (Å²) in [6, 6.07) is 20.9. The molecule has 1 heterocycles. The summed E-state index contributed by atoms with van der Waals surface area (Å²) in [5, 5.41) is 9.98. The fraction of sp³-hybridized carbons (Fsp3) is 0.357. The minimum atomic E-state index is -0.277. The number of rotatable bonds is 7. The Labute approximate surface area is 193 Å². The van der Waals surface area contributed by atoms with E-state index in [2.05, 4.69) is 17.0 Å². The summed E-state index contributed by atoms with van der Waals surface area (Å²) in [4.78, 5) is 2.15. The predicted octanol–water partition coefficient (Wildman–Crippen LogP) is 5.67. The lowest BCUT2D eigenvalue weighted by Crippen LogP contribution is -2.49. The van der Waals surface area contributed by atoms with Crippen molar-refractivity contribution < 1.29 is 18.6 Å². The minimum absolute atomic E-state index is 0.135. The molecule has 1 N–H and O–H groups in total. The molecular formula is C28H29F2NO2. The van der Waals surface area contributed by atoms with Gasteiger partial charge in [0.05, 0.1) is 6.67 Å². The van der Waals surface area contributed by atoms with Crippen LogP contribution >= 0.6 is 0 Å². The average Bonchev–Trinajstić information content (AvgIpc) is 2.80. The maximum absolute atomic E-state index is 15.5. The van der Waals surface area contributed by atoms with Gasteiger partial charge in [0, 0.05) is 37.5 Å². The normalized spacial score (nSPS) is 20.8. The molecule has 2 atom stereocenters. The molecule has 5 heteroatoms. The largest absolute Gasteiger partial charge is 0.508 e. The van der Waals surface area contributed by atoms with Gasteiger partial charge in [0.1, 0.15) is 23.9 Å². The van der Waals surface area contributed by atoms with Gasteiger partial charge in [-0.2, -0.15) is 0 Å². The third kappa shape index (κ3) is 4.60. The molecule has 3 aromatic rings. The molecule has 33 heavy (non-hydrogen) atoms. The van der Waals surface area contributed by atoms with Gasteiger partial charge >= 0.3 is 0 Å². The van der Waals surface area contributed by atoms with Gasteiger partial charge in [0.2, 0.25) is 0 Å². The third-order valence-corrected chi connectivity index (χ3v) is 7.05. The number of hydrogen-bond donors (Lipinski definition) is 1. The first kappa shape index (κ1) is 21.9. The van der Waals surface area contributed by atoms with Gasteiger partial charge in [-0.15, -0.1) is 0 Å². The van der Waals surface area contributed by atoms with Crippen LogP contribution in [0.2, 0.25) is 0 Å². The first-order valence-electron chi connectivity index (χ1n) is 11.7. The van der Waals surface area contributed by atoms with E-state index < -0.39 is 0 Å². The maximum atomic E-state index is 15.5. The highest BCUT2D eigenvalue weighted by Gasteiger charge is 2.34. The number of likely N-dealkylation sites (tertiary alicyclic amines) is 1. The molecule has 1 unspecified atom stereocenters. The van der Waals surface area contributed by atoms with Crippen molar-refractivity contribution in [3.8, 4) is 11.5 Å². The van der Waals surface area contributed by atoms with E-state index in [-0.39, 0.29) is 36.0 Å². The van der Waals surface area contributed by atoms with Crippen molar-refractivity contribution in [1.82, 2.24) is 4.90 Å². The maximum Gasteiger partial charge on any atom is 0.130 e. The molecule has 3 nitrogen and oxygen atoms in total. The molecule has 1 fully saturated rings. The molecule has 172 valence electrons. The molecule has 3 aromatic carbocycles. The molecule has 0 bridgehead atoms. The van der Waals surface area contributed by atoms with E-state index in [4.69, 9.17) is 4.74 Å². The molecule has 1 saturated heterocycles. The lowest BCUT2D eigenvalue weighted by Gasteiger charge is -2.37. The number of phenolic OH excluding ortho intramolecular Hbond substituents is 1. The molecule has 0 aromatic heterocycles. The Morgan fingerprint density at radius 3 is 2.52 bits per heavy atom. The summed E-state index contributed by atoms with van der Waals surface area (Å²) >= 11 is 0. The molecule has 1 aliphatic carbocycles. The number of ether oxygens (including phenoxy) is 1. The number of nitrogens with zero attached hydrogens (tertiary/aromatic N) is 1. The minimum Gasteiger partial charge on any atom is -0.508 e. The van der Waals surface area contributed by atoms with Gasteiger partial charge in [0.15, 0.2) is 0 Å². The van der Waals surface area contributed by atoms with Crippen molar-refractivity contribution in [2.24, 2.45) is 5.92 Å². The second kappa shape index (κ2) is 9.52. The summed E-state index contributed by atoms with van der Waals surface area (Å²) in [5.74, 6) is 0.649. The van der Waals surface area contributed by atoms with E-state index in [9.17, 15) is 9.50 Å². The van der Waals surface area contributed by atoms with Crippen LogP contribution < -0.4 is 4.74 Å². The van der Waals surface area contributed by atoms with Crippen LogP contribution in [0, 0.1) is 11.7 Å². The van der Waals surface area contributed by atoms with E-state index in [0.717, 1.165) is 43.6 Å². The summed E-state index contributed by atoms with van der Waals surface area (Å²) in [7, 11) is 0. The number of phenols is 1. The van der Waals surface area contributed by atoms with E-state index in [1.165, 1.54) is 11.6 Å². The second-order valence-electron chi connectivity index (χ2n) is 9.23. The zero-order valence-electron chi connectivity index (χ0n) is 18.6. The highest BCUT2D eigenvalue weighted by atomic mass is 19.1. The number of alkyl halides is 1. The summed E-state index contributed by atoms with van der Waals surface area (Å²) in [6.45, 7) is 2.44. The second-order valence-corrected chi connectivity index (χ2v) is 9.23. The first-order valence-corrected chi connectivity index (χ1v) is 11.7. The van der Waals surface area contributed by atoms with Gasteiger partial charge in [0.25, 0.3) is 0 Å². The SMILES string of the molecule is Oc1ccc2c(c1)CCC(c1ccccc1)[C@@H]2c1ccc(OCCN2CC(CF)C2)cc1F. The number of aryl methyl sites for hydroxylation is 1. The van der Waals surface area contributed by atoms with Crippen LogP contribution in [0.1, 0.15) is 40.5 Å². The molecule has 2 aliphatic rings. The van der Waals surface area contributed by atoms with Crippen LogP contribution in [0.5, 0.6) is 11.5 Å². The molecule has 0 radical (unpaired) electrons. The molecular weight excluding hydrogens is 420 g/mol. The third-order valence-electron chi connectivity index (χ3n) is 7.05. The topological polar surface area (TPSA) is 32.7 Å². The van der Waals surface area contributed by atoms with Crippen LogP contribution in [0.25, 0.3) is 0 Å². The van der Waals surface area contributed by atoms with Crippen LogP contribution in [-0.2, 0) is 6.42 Å². The predicted molar refractivity (Wildman–Crippen MR) is 125 cm³/mol. The first-order chi connectivity index (χ1) is 16.1. The van der Waals surface area contributed by atoms with Crippen molar-refractivity contribution in [2.75, 3.05) is 32.9 Å². The molecule has 0 amide bonds. The van der Waals surface area contributed by atoms with Crippen molar-refractivity contribution in [1.29, 1.82) is 0 Å². The number of fused-ring (bicyclic) bond motifs is 1. The van der Waals surface area contributed by atoms with Gasteiger partial charge in [-0.1, -0.05) is 42.5 Å². The standard InChI is InChI=1S/C28H29F2NO2/c29-16-19-17-31(18-19)12-13-33-23-8-11-26(27(30)15-23)28-24(20-4-2-1-3-5-20)9-6-21-14-22(32)7-10-25(21)28/h1-5,7-8,10-11,14-15,19,24,28,32H,6,9,12-13,16-18H2/t24?,28-/m0/s1. The van der Waals surface area contributed by atoms with Gasteiger partial charge < -0.3 is 9.84 Å². The van der Waals surface area contributed by atoms with Gasteiger partial charge in [-0.3, -0.25) is 9.29 Å². The van der Waals surface area contributed by atoms with E-state index in [1.807, 2.05) is 42.5 Å². The number of aromatic hydroxyl groups is 1. The fourth-order valence-electron chi connectivity index (χ4n) is 5.35. The highest BCUT2D eigenvalue weighted by molar-refractivity contribution is 5.48. The Hall–Kier alpha value is -2.92. The molecule has 0 saturated carbocycles. The summed E-state index contributed by atoms with van der Waals surface area (Å²) < 4.78 is 33.8. The van der Waals surface area contributed by atoms with Crippen molar-refractivity contribution in [3.05, 3.63) is 94.8 Å². The number of halogens is 2. The zero-order valence-corrected chi connectivity index (χ0v) is 18.6. The zero-order chi connectivity index (χ0) is 22.8. The van der Waals surface area contributed by atoms with Crippen molar-refractivity contribution in [3.63, 3.8) is 0 Å². The van der Waals surface area contributed by atoms with E-state index >= 15 is 4.39 Å². The number of benzene rings is 3. The van der Waals surface area contributed by atoms with Crippen LogP contribution in [0.15, 0.2) is 66.7 Å². The smallest absolute Gasteiger partial charge is 0.130 e. The Morgan fingerprint density at radius 2 is 1.76 bits per heavy atom. The van der Waals surface area contributed by atoms with Gasteiger partial charge in [-0.25, -0.2) is 4.39 Å². The Kier molecular flexibility index (Phi) is 6.32. The van der Waals surface area contributed by atoms with Crippen LogP contribution in [-0.4, -0.2) is 42.9 Å². The summed E-state index contributed by atoms with van der Waals surface area (Å²) in [6.07, 6.45) is 1.74. The van der Waals surface area contributed by atoms with Gasteiger partial charge in [-0.05, 0) is 59.2 Å². The van der Waals surface area contributed by atoms with E-state index in [0.29, 0.717) is 17.9 Å². The molecule has 0 spiro atoms. The fourth-order valence-corrected chi connectivity index (χ4v) is 5.35. The quantitative estimate of drug-likeness (QED) is 0.504. The monoisotopic (exact) mass is 449 g/mol. The Morgan fingerprint density at radius 1 is 0.970 bits per heavy atom.